The smallest absolute Gasteiger partial charge is 0.235 e. The summed E-state index contributed by atoms with van der Waals surface area (Å²) < 4.78 is 3.05. The molecular formula is C18H21BrN4. The molecule has 0 aliphatic rings. The topological polar surface area (TPSA) is 33.4 Å². The summed E-state index contributed by atoms with van der Waals surface area (Å²) in [5.41, 5.74) is 5.62. The Hall–Kier alpha value is -1.88. The van der Waals surface area contributed by atoms with Gasteiger partial charge in [-0.25, -0.2) is 9.97 Å². The average Bonchev–Trinajstić information content (AvgIpc) is 2.80. The van der Waals surface area contributed by atoms with E-state index < -0.39 is 0 Å². The first-order valence-electron chi connectivity index (χ1n) is 7.82. The van der Waals surface area contributed by atoms with E-state index in [0.717, 1.165) is 40.6 Å². The van der Waals surface area contributed by atoms with Crippen LogP contribution in [0.4, 0.5) is 5.69 Å². The molecule has 0 saturated heterocycles. The van der Waals surface area contributed by atoms with Gasteiger partial charge in [-0.05, 0) is 67.4 Å². The lowest BCUT2D eigenvalue weighted by Gasteiger charge is -2.22. The molecule has 4 nitrogen and oxygen atoms in total. The number of rotatable bonds is 4. The van der Waals surface area contributed by atoms with E-state index in [-0.39, 0.29) is 0 Å². The normalized spacial score (nSPS) is 11.2. The van der Waals surface area contributed by atoms with Crippen molar-refractivity contribution < 1.29 is 0 Å². The maximum atomic E-state index is 4.73. The van der Waals surface area contributed by atoms with Gasteiger partial charge in [-0.3, -0.25) is 4.40 Å². The third-order valence-electron chi connectivity index (χ3n) is 4.01. The molecule has 23 heavy (non-hydrogen) atoms. The standard InChI is InChI=1S/C18H21BrN4/c1-5-22(15-8-6-7-12(2)9-15)11-16-17(19)23-14(4)10-13(3)20-18(23)21-16/h6-10H,5,11H2,1-4H3. The van der Waals surface area contributed by atoms with Crippen molar-refractivity contribution >= 4 is 27.4 Å². The minimum atomic E-state index is 0.752. The van der Waals surface area contributed by atoms with Gasteiger partial charge < -0.3 is 4.90 Å². The number of benzene rings is 1. The van der Waals surface area contributed by atoms with Crippen LogP contribution < -0.4 is 4.90 Å². The Balaban J connectivity index is 2.00. The van der Waals surface area contributed by atoms with E-state index in [9.17, 15) is 0 Å². The van der Waals surface area contributed by atoms with Crippen molar-refractivity contribution in [3.63, 3.8) is 0 Å². The second kappa shape index (κ2) is 6.32. The predicted molar refractivity (Wildman–Crippen MR) is 98.1 cm³/mol. The Bertz CT molecular complexity index is 854. The predicted octanol–water partition coefficient (Wildman–Crippen LogP) is 4.44. The molecule has 0 saturated carbocycles. The van der Waals surface area contributed by atoms with Crippen LogP contribution in [0.15, 0.2) is 34.9 Å². The van der Waals surface area contributed by atoms with Crippen LogP contribution in [0, 0.1) is 20.8 Å². The summed E-state index contributed by atoms with van der Waals surface area (Å²) in [5, 5.41) is 0. The maximum absolute atomic E-state index is 4.73. The van der Waals surface area contributed by atoms with E-state index in [2.05, 4.69) is 81.3 Å². The van der Waals surface area contributed by atoms with Gasteiger partial charge in [0.05, 0.1) is 12.2 Å². The molecule has 0 amide bonds. The van der Waals surface area contributed by atoms with Gasteiger partial charge in [-0.2, -0.15) is 0 Å². The summed E-state index contributed by atoms with van der Waals surface area (Å²) in [4.78, 5) is 11.6. The summed E-state index contributed by atoms with van der Waals surface area (Å²) in [6.07, 6.45) is 0. The molecule has 0 bridgehead atoms. The molecule has 0 atom stereocenters. The molecule has 120 valence electrons. The van der Waals surface area contributed by atoms with Gasteiger partial charge in [0, 0.05) is 23.6 Å². The fourth-order valence-corrected chi connectivity index (χ4v) is 3.52. The van der Waals surface area contributed by atoms with Crippen molar-refractivity contribution in [2.45, 2.75) is 34.2 Å². The van der Waals surface area contributed by atoms with E-state index in [0.29, 0.717) is 0 Å². The highest BCUT2D eigenvalue weighted by Crippen LogP contribution is 2.24. The van der Waals surface area contributed by atoms with E-state index >= 15 is 0 Å². The van der Waals surface area contributed by atoms with Crippen molar-refractivity contribution in [2.24, 2.45) is 0 Å². The molecule has 0 aliphatic carbocycles. The lowest BCUT2D eigenvalue weighted by Crippen LogP contribution is -2.22. The number of aryl methyl sites for hydroxylation is 3. The Kier molecular flexibility index (Phi) is 4.39. The number of anilines is 1. The summed E-state index contributed by atoms with van der Waals surface area (Å²) in [6.45, 7) is 10.0. The van der Waals surface area contributed by atoms with Gasteiger partial charge in [0.1, 0.15) is 4.60 Å². The molecule has 0 radical (unpaired) electrons. The summed E-state index contributed by atoms with van der Waals surface area (Å²) >= 11 is 3.71. The molecule has 0 spiro atoms. The fourth-order valence-electron chi connectivity index (χ4n) is 2.87. The first-order chi connectivity index (χ1) is 11.0. The molecule has 0 N–H and O–H groups in total. The third kappa shape index (κ3) is 3.11. The molecule has 0 aliphatic heterocycles. The largest absolute Gasteiger partial charge is 0.366 e. The molecule has 3 rings (SSSR count). The van der Waals surface area contributed by atoms with Crippen molar-refractivity contribution in [3.8, 4) is 0 Å². The van der Waals surface area contributed by atoms with Crippen LogP contribution in [0.2, 0.25) is 0 Å². The molecule has 5 heteroatoms. The molecule has 0 fully saturated rings. The summed E-state index contributed by atoms with van der Waals surface area (Å²) in [5.74, 6) is 0.754. The van der Waals surface area contributed by atoms with Crippen LogP contribution in [0.25, 0.3) is 5.78 Å². The van der Waals surface area contributed by atoms with Gasteiger partial charge in [0.25, 0.3) is 0 Å². The molecular weight excluding hydrogens is 352 g/mol. The Morgan fingerprint density at radius 1 is 1.13 bits per heavy atom. The van der Waals surface area contributed by atoms with Crippen LogP contribution in [-0.4, -0.2) is 20.9 Å². The number of hydrogen-bond acceptors (Lipinski definition) is 3. The number of nitrogens with zero attached hydrogens (tertiary/aromatic N) is 4. The summed E-state index contributed by atoms with van der Waals surface area (Å²) in [6, 6.07) is 10.6. The van der Waals surface area contributed by atoms with E-state index in [1.165, 1.54) is 11.3 Å². The third-order valence-corrected chi connectivity index (χ3v) is 4.82. The molecule has 1 aromatic carbocycles. The second-order valence-corrected chi connectivity index (χ2v) is 6.63. The van der Waals surface area contributed by atoms with E-state index in [1.807, 2.05) is 6.92 Å². The highest BCUT2D eigenvalue weighted by molar-refractivity contribution is 9.10. The first-order valence-corrected chi connectivity index (χ1v) is 8.61. The molecule has 3 aromatic rings. The Morgan fingerprint density at radius 3 is 2.61 bits per heavy atom. The van der Waals surface area contributed by atoms with Gasteiger partial charge >= 0.3 is 0 Å². The number of fused-ring (bicyclic) bond motifs is 1. The van der Waals surface area contributed by atoms with E-state index in [4.69, 9.17) is 4.98 Å². The van der Waals surface area contributed by atoms with Gasteiger partial charge in [-0.15, -0.1) is 0 Å². The molecule has 2 heterocycles. The SMILES string of the molecule is CCN(Cc1nc2nc(C)cc(C)n2c1Br)c1cccc(C)c1. The fraction of sp³-hybridized carbons (Fsp3) is 0.333. The number of aromatic nitrogens is 3. The zero-order chi connectivity index (χ0) is 16.6. The first kappa shape index (κ1) is 16.0. The van der Waals surface area contributed by atoms with Crippen molar-refractivity contribution in [1.82, 2.24) is 14.4 Å². The molecule has 0 unspecified atom stereocenters. The monoisotopic (exact) mass is 372 g/mol. The van der Waals surface area contributed by atoms with Gasteiger partial charge in [0.15, 0.2) is 0 Å². The second-order valence-electron chi connectivity index (χ2n) is 5.88. The van der Waals surface area contributed by atoms with Crippen LogP contribution in [0.3, 0.4) is 0 Å². The minimum absolute atomic E-state index is 0.752. The quantitative estimate of drug-likeness (QED) is 0.678. The minimum Gasteiger partial charge on any atom is -0.366 e. The van der Waals surface area contributed by atoms with Gasteiger partial charge in [0.2, 0.25) is 5.78 Å². The average molecular weight is 373 g/mol. The van der Waals surface area contributed by atoms with Crippen LogP contribution in [-0.2, 0) is 6.54 Å². The zero-order valence-electron chi connectivity index (χ0n) is 14.0. The lowest BCUT2D eigenvalue weighted by atomic mass is 10.2. The summed E-state index contributed by atoms with van der Waals surface area (Å²) in [7, 11) is 0. The van der Waals surface area contributed by atoms with Crippen molar-refractivity contribution in [1.29, 1.82) is 0 Å². The lowest BCUT2D eigenvalue weighted by molar-refractivity contribution is 0.810. The van der Waals surface area contributed by atoms with Crippen LogP contribution >= 0.6 is 15.9 Å². The van der Waals surface area contributed by atoms with Crippen molar-refractivity contribution in [3.05, 3.63) is 57.6 Å². The zero-order valence-corrected chi connectivity index (χ0v) is 15.6. The Labute approximate surface area is 145 Å². The maximum Gasteiger partial charge on any atom is 0.235 e. The van der Waals surface area contributed by atoms with Crippen LogP contribution in [0.1, 0.15) is 29.6 Å². The van der Waals surface area contributed by atoms with Crippen LogP contribution in [0.5, 0.6) is 0 Å². The van der Waals surface area contributed by atoms with Crippen molar-refractivity contribution in [2.75, 3.05) is 11.4 Å². The highest BCUT2D eigenvalue weighted by atomic mass is 79.9. The number of halogens is 1. The molecule has 2 aromatic heterocycles. The highest BCUT2D eigenvalue weighted by Gasteiger charge is 2.16. The Morgan fingerprint density at radius 2 is 1.91 bits per heavy atom. The van der Waals surface area contributed by atoms with Gasteiger partial charge in [-0.1, -0.05) is 12.1 Å². The number of imidazole rings is 1. The van der Waals surface area contributed by atoms with E-state index in [1.54, 1.807) is 0 Å². The number of hydrogen-bond donors (Lipinski definition) is 0.